The van der Waals surface area contributed by atoms with Crippen LogP contribution in [0.15, 0.2) is 11.6 Å². The average molecular weight is 717 g/mol. The minimum Gasteiger partial charge on any atom is -0.446 e. The molecule has 5 N–H and O–H groups in total. The lowest BCUT2D eigenvalue weighted by Crippen LogP contribution is -2.51. The van der Waals surface area contributed by atoms with Crippen LogP contribution in [0.1, 0.15) is 179 Å². The number of hydrogen-bond acceptors (Lipinski definition) is 5. The molecule has 0 heterocycles. The highest BCUT2D eigenvalue weighted by atomic mass is 16.6. The quantitative estimate of drug-likeness (QED) is 0.0970. The molecule has 4 rings (SSSR count). The number of amides is 1. The van der Waals surface area contributed by atoms with Crippen molar-refractivity contribution in [3.63, 3.8) is 0 Å². The van der Waals surface area contributed by atoms with Gasteiger partial charge in [-0.15, -0.1) is 0 Å². The minimum atomic E-state index is -0.137. The van der Waals surface area contributed by atoms with Crippen LogP contribution in [-0.2, 0) is 4.74 Å². The van der Waals surface area contributed by atoms with Gasteiger partial charge in [0.25, 0.3) is 0 Å². The summed E-state index contributed by atoms with van der Waals surface area (Å²) in [5, 5.41) is 3.55. The zero-order valence-electron chi connectivity index (χ0n) is 35.8. The van der Waals surface area contributed by atoms with Crippen LogP contribution in [0.4, 0.5) is 4.79 Å². The number of nitrogens with one attached hydrogen (secondary N) is 1. The number of rotatable bonds is 18. The Hall–Kier alpha value is -1.11. The summed E-state index contributed by atoms with van der Waals surface area (Å²) < 4.78 is 6.33. The molecule has 4 aliphatic rings. The van der Waals surface area contributed by atoms with E-state index in [0.29, 0.717) is 24.5 Å². The molecule has 0 spiro atoms. The summed E-state index contributed by atoms with van der Waals surface area (Å²) in [6, 6.07) is 0.528. The van der Waals surface area contributed by atoms with Gasteiger partial charge in [-0.3, -0.25) is 0 Å². The number of allylic oxidation sites excluding steroid dienone is 1. The normalized spacial score (nSPS) is 31.3. The Labute approximate surface area is 317 Å². The Morgan fingerprint density at radius 1 is 0.922 bits per heavy atom. The summed E-state index contributed by atoms with van der Waals surface area (Å²) in [5.41, 5.74) is 14.0. The average Bonchev–Trinajstić information content (AvgIpc) is 3.46. The van der Waals surface area contributed by atoms with Crippen molar-refractivity contribution in [2.45, 2.75) is 197 Å². The van der Waals surface area contributed by atoms with Crippen molar-refractivity contribution in [2.24, 2.45) is 57.8 Å². The van der Waals surface area contributed by atoms with Gasteiger partial charge in [-0.1, -0.05) is 93.2 Å². The Balaban J connectivity index is 0.00000217. The van der Waals surface area contributed by atoms with Crippen molar-refractivity contribution in [3.8, 4) is 0 Å². The highest BCUT2D eigenvalue weighted by Crippen LogP contribution is 2.67. The van der Waals surface area contributed by atoms with Crippen LogP contribution in [0, 0.1) is 46.3 Å². The van der Waals surface area contributed by atoms with Gasteiger partial charge >= 0.3 is 6.09 Å². The molecule has 300 valence electrons. The smallest absolute Gasteiger partial charge is 0.410 e. The third-order valence-corrected chi connectivity index (χ3v) is 14.4. The van der Waals surface area contributed by atoms with Crippen LogP contribution in [-0.4, -0.2) is 55.4 Å². The molecule has 0 radical (unpaired) electrons. The third-order valence-electron chi connectivity index (χ3n) is 14.4. The number of fused-ring (bicyclic) bond motifs is 5. The number of nitrogens with two attached hydrogens (primary N) is 2. The van der Waals surface area contributed by atoms with Gasteiger partial charge in [0.1, 0.15) is 6.10 Å². The fraction of sp³-hybridized carbons (Fsp3) is 0.933. The van der Waals surface area contributed by atoms with E-state index >= 15 is 0 Å². The van der Waals surface area contributed by atoms with E-state index in [9.17, 15) is 4.79 Å². The maximum absolute atomic E-state index is 13.6. The van der Waals surface area contributed by atoms with E-state index in [1.165, 1.54) is 57.8 Å². The zero-order chi connectivity index (χ0) is 38.2. The first-order valence-corrected chi connectivity index (χ1v) is 22.3. The summed E-state index contributed by atoms with van der Waals surface area (Å²) in [5.74, 6) is 5.16. The highest BCUT2D eigenvalue weighted by Gasteiger charge is 2.58. The summed E-state index contributed by atoms with van der Waals surface area (Å²) in [6.45, 7) is 27.8. The van der Waals surface area contributed by atoms with Crippen LogP contribution >= 0.6 is 0 Å². The van der Waals surface area contributed by atoms with E-state index in [0.717, 1.165) is 93.5 Å². The molecule has 3 saturated carbocycles. The summed E-state index contributed by atoms with van der Waals surface area (Å²) >= 11 is 0. The van der Waals surface area contributed by atoms with Crippen molar-refractivity contribution in [1.82, 2.24) is 10.2 Å². The van der Waals surface area contributed by atoms with Gasteiger partial charge in [0.2, 0.25) is 0 Å². The Kier molecular flexibility index (Phi) is 20.7. The van der Waals surface area contributed by atoms with Crippen LogP contribution in [0.3, 0.4) is 0 Å². The minimum absolute atomic E-state index is 0.00719. The van der Waals surface area contributed by atoms with Crippen molar-refractivity contribution in [1.29, 1.82) is 0 Å². The topological polar surface area (TPSA) is 93.6 Å². The van der Waals surface area contributed by atoms with E-state index < -0.39 is 0 Å². The SMILES string of the molecule is CC.CC.CCC(CCCC1CCC2C3CC=C4CC(OC(=O)N(CCCCNC(C)CCN)C(C)CCN)CCC4(C)C3CCC12C)C(C)C. The van der Waals surface area contributed by atoms with Crippen molar-refractivity contribution >= 4 is 6.09 Å². The molecule has 4 aliphatic carbocycles. The van der Waals surface area contributed by atoms with Crippen molar-refractivity contribution in [3.05, 3.63) is 11.6 Å². The number of nitrogens with zero attached hydrogens (tertiary/aromatic N) is 1. The zero-order valence-corrected chi connectivity index (χ0v) is 35.8. The Morgan fingerprint density at radius 2 is 1.63 bits per heavy atom. The molecule has 10 unspecified atom stereocenters. The van der Waals surface area contributed by atoms with Gasteiger partial charge < -0.3 is 26.4 Å². The van der Waals surface area contributed by atoms with Crippen LogP contribution < -0.4 is 16.8 Å². The molecule has 6 nitrogen and oxygen atoms in total. The molecule has 0 saturated heterocycles. The molecular formula is C45H88N4O2. The van der Waals surface area contributed by atoms with Crippen LogP contribution in [0.25, 0.3) is 0 Å². The monoisotopic (exact) mass is 717 g/mol. The second-order valence-electron chi connectivity index (χ2n) is 17.4. The van der Waals surface area contributed by atoms with Crippen molar-refractivity contribution < 1.29 is 9.53 Å². The van der Waals surface area contributed by atoms with Crippen LogP contribution in [0.2, 0.25) is 0 Å². The van der Waals surface area contributed by atoms with E-state index in [-0.39, 0.29) is 23.7 Å². The number of hydrogen-bond donors (Lipinski definition) is 3. The molecule has 1 amide bonds. The lowest BCUT2D eigenvalue weighted by molar-refractivity contribution is -0.0539. The molecular weight excluding hydrogens is 629 g/mol. The fourth-order valence-corrected chi connectivity index (χ4v) is 11.2. The summed E-state index contributed by atoms with van der Waals surface area (Å²) in [6.07, 6.45) is 21.9. The van der Waals surface area contributed by atoms with E-state index in [1.54, 1.807) is 5.57 Å². The molecule has 0 aliphatic heterocycles. The first-order valence-electron chi connectivity index (χ1n) is 22.3. The summed E-state index contributed by atoms with van der Waals surface area (Å²) in [4.78, 5) is 15.6. The van der Waals surface area contributed by atoms with E-state index in [1.807, 2.05) is 32.6 Å². The van der Waals surface area contributed by atoms with Gasteiger partial charge in [0.05, 0.1) is 0 Å². The first-order chi connectivity index (χ1) is 24.5. The number of unbranched alkanes of at least 4 members (excludes halogenated alkanes) is 1. The number of carbonyl (C=O) groups excluding carboxylic acids is 1. The maximum Gasteiger partial charge on any atom is 0.410 e. The molecule has 3 fully saturated rings. The largest absolute Gasteiger partial charge is 0.446 e. The number of carbonyl (C=O) groups is 1. The molecule has 0 bridgehead atoms. The lowest BCUT2D eigenvalue weighted by Gasteiger charge is -2.58. The first kappa shape index (κ1) is 46.0. The fourth-order valence-electron chi connectivity index (χ4n) is 11.2. The lowest BCUT2D eigenvalue weighted by atomic mass is 9.47. The maximum atomic E-state index is 13.6. The van der Waals surface area contributed by atoms with Crippen LogP contribution in [0.5, 0.6) is 0 Å². The van der Waals surface area contributed by atoms with E-state index in [4.69, 9.17) is 16.2 Å². The molecule has 51 heavy (non-hydrogen) atoms. The van der Waals surface area contributed by atoms with Gasteiger partial charge in [0, 0.05) is 25.0 Å². The Bertz CT molecular complexity index is 1000. The molecule has 6 heteroatoms. The van der Waals surface area contributed by atoms with Gasteiger partial charge in [-0.2, -0.15) is 0 Å². The molecule has 10 atom stereocenters. The van der Waals surface area contributed by atoms with Crippen molar-refractivity contribution in [2.75, 3.05) is 26.2 Å². The number of ether oxygens (including phenoxy) is 1. The predicted octanol–water partition coefficient (Wildman–Crippen LogP) is 11.1. The Morgan fingerprint density at radius 3 is 2.27 bits per heavy atom. The summed E-state index contributed by atoms with van der Waals surface area (Å²) in [7, 11) is 0. The van der Waals surface area contributed by atoms with E-state index in [2.05, 4.69) is 59.9 Å². The second kappa shape index (κ2) is 23.0. The second-order valence-corrected chi connectivity index (χ2v) is 17.4. The predicted molar refractivity (Wildman–Crippen MR) is 221 cm³/mol. The van der Waals surface area contributed by atoms with Gasteiger partial charge in [0.15, 0.2) is 0 Å². The molecule has 0 aromatic carbocycles. The highest BCUT2D eigenvalue weighted by molar-refractivity contribution is 5.68. The van der Waals surface area contributed by atoms with Gasteiger partial charge in [-0.25, -0.2) is 4.79 Å². The third kappa shape index (κ3) is 11.9. The molecule has 0 aromatic rings. The molecule has 0 aromatic heterocycles. The van der Waals surface area contributed by atoms with Gasteiger partial charge in [-0.05, 0) is 157 Å². The standard InChI is InChI=1S/C41H76N4O2.2C2H6/c1-8-32(29(2)3)12-11-13-33-15-17-37-36-16-14-34-28-35(18-22-41(34,7)38(36)19-23-40(33,37)6)47-39(46)45(31(5)21-25-43)27-10-9-26-44-30(4)20-24-42;2*1-2/h14,29-33,35-38,44H,8-13,15-28,42-43H2,1-7H3;2*1-2H3.